The van der Waals surface area contributed by atoms with E-state index in [1.54, 1.807) is 18.3 Å². The Balaban J connectivity index is 2.40. The van der Waals surface area contributed by atoms with E-state index in [-0.39, 0.29) is 17.7 Å². The van der Waals surface area contributed by atoms with Crippen LogP contribution < -0.4 is 10.9 Å². The molecule has 0 unspecified atom stereocenters. The summed E-state index contributed by atoms with van der Waals surface area (Å²) in [6.07, 6.45) is 3.18. The van der Waals surface area contributed by atoms with Crippen molar-refractivity contribution in [2.45, 2.75) is 26.7 Å². The molecule has 0 saturated heterocycles. The van der Waals surface area contributed by atoms with Crippen LogP contribution in [0.1, 0.15) is 37.2 Å². The fourth-order valence-corrected chi connectivity index (χ4v) is 1.42. The number of aromatic nitrogens is 1. The lowest BCUT2D eigenvalue weighted by atomic mass is 10.0. The Morgan fingerprint density at radius 3 is 2.50 bits per heavy atom. The minimum absolute atomic E-state index is 0.0519. The molecule has 0 bridgehead atoms. The lowest BCUT2D eigenvalue weighted by Gasteiger charge is -2.12. The lowest BCUT2D eigenvalue weighted by molar-refractivity contribution is -0.125. The van der Waals surface area contributed by atoms with Gasteiger partial charge in [0.15, 0.2) is 0 Å². The second-order valence-electron chi connectivity index (χ2n) is 3.54. The van der Waals surface area contributed by atoms with E-state index < -0.39 is 0 Å². The molecule has 0 radical (unpaired) electrons. The van der Waals surface area contributed by atoms with E-state index in [0.29, 0.717) is 5.69 Å². The number of carbonyl (C=O) groups excluding carboxylic acids is 2. The van der Waals surface area contributed by atoms with E-state index in [9.17, 15) is 9.59 Å². The first kappa shape index (κ1) is 12.3. The van der Waals surface area contributed by atoms with Gasteiger partial charge in [-0.3, -0.25) is 20.4 Å². The summed E-state index contributed by atoms with van der Waals surface area (Å²) in [7, 11) is 0. The highest BCUT2D eigenvalue weighted by molar-refractivity contribution is 5.93. The first-order chi connectivity index (χ1) is 7.69. The fourth-order valence-electron chi connectivity index (χ4n) is 1.42. The Bertz CT molecular complexity index is 342. The van der Waals surface area contributed by atoms with Crippen LogP contribution in [0.5, 0.6) is 0 Å². The van der Waals surface area contributed by atoms with E-state index in [4.69, 9.17) is 0 Å². The van der Waals surface area contributed by atoms with Crippen molar-refractivity contribution in [3.05, 3.63) is 24.0 Å². The molecule has 0 saturated carbocycles. The third kappa shape index (κ3) is 3.12. The van der Waals surface area contributed by atoms with Crippen LogP contribution in [0.25, 0.3) is 0 Å². The molecule has 1 aromatic rings. The number of hydrogen-bond donors (Lipinski definition) is 3. The van der Waals surface area contributed by atoms with Crippen LogP contribution in [-0.2, 0) is 4.79 Å². The molecule has 5 heteroatoms. The predicted octanol–water partition coefficient (Wildman–Crippen LogP) is 1.21. The highest BCUT2D eigenvalue weighted by Crippen LogP contribution is 2.06. The highest BCUT2D eigenvalue weighted by Gasteiger charge is 2.14. The highest BCUT2D eigenvalue weighted by atomic mass is 16.2. The topological polar surface area (TPSA) is 74.0 Å². The minimum atomic E-state index is -0.343. The number of hydrogen-bond acceptors (Lipinski definition) is 2. The van der Waals surface area contributed by atoms with Gasteiger partial charge in [0.1, 0.15) is 5.69 Å². The summed E-state index contributed by atoms with van der Waals surface area (Å²) in [6, 6.07) is 3.36. The van der Waals surface area contributed by atoms with Crippen LogP contribution in [0.3, 0.4) is 0 Å². The van der Waals surface area contributed by atoms with Gasteiger partial charge in [-0.2, -0.15) is 0 Å². The summed E-state index contributed by atoms with van der Waals surface area (Å²) in [5, 5.41) is 0. The van der Waals surface area contributed by atoms with Crippen molar-refractivity contribution < 1.29 is 9.59 Å². The van der Waals surface area contributed by atoms with Crippen LogP contribution in [0.4, 0.5) is 0 Å². The van der Waals surface area contributed by atoms with Crippen molar-refractivity contribution >= 4 is 11.8 Å². The quantitative estimate of drug-likeness (QED) is 0.671. The first-order valence-electron chi connectivity index (χ1n) is 5.42. The van der Waals surface area contributed by atoms with Gasteiger partial charge in [0.25, 0.3) is 5.91 Å². The smallest absolute Gasteiger partial charge is 0.286 e. The van der Waals surface area contributed by atoms with E-state index in [2.05, 4.69) is 15.8 Å². The summed E-state index contributed by atoms with van der Waals surface area (Å²) >= 11 is 0. The largest absolute Gasteiger partial charge is 0.357 e. The average molecular weight is 223 g/mol. The lowest BCUT2D eigenvalue weighted by Crippen LogP contribution is -2.44. The molecule has 0 aliphatic carbocycles. The van der Waals surface area contributed by atoms with Gasteiger partial charge in [0.2, 0.25) is 5.91 Å². The number of nitrogens with one attached hydrogen (secondary N) is 3. The Labute approximate surface area is 94.6 Å². The maximum absolute atomic E-state index is 11.5. The number of hydrazine groups is 1. The van der Waals surface area contributed by atoms with Gasteiger partial charge in [-0.25, -0.2) is 0 Å². The minimum Gasteiger partial charge on any atom is -0.357 e. The SMILES string of the molecule is CCC(CC)C(=O)NNC(=O)c1ccc[nH]1. The molecule has 1 aromatic heterocycles. The zero-order valence-corrected chi connectivity index (χ0v) is 9.54. The van der Waals surface area contributed by atoms with Crippen molar-refractivity contribution in [2.75, 3.05) is 0 Å². The summed E-state index contributed by atoms with van der Waals surface area (Å²) in [5.74, 6) is -0.543. The van der Waals surface area contributed by atoms with Gasteiger partial charge in [-0.15, -0.1) is 0 Å². The molecule has 1 heterocycles. The van der Waals surface area contributed by atoms with Gasteiger partial charge in [-0.05, 0) is 25.0 Å². The normalized spacial score (nSPS) is 10.2. The van der Waals surface area contributed by atoms with Crippen molar-refractivity contribution in [2.24, 2.45) is 5.92 Å². The molecule has 5 nitrogen and oxygen atoms in total. The average Bonchev–Trinajstić information content (AvgIpc) is 2.81. The maximum atomic E-state index is 11.5. The van der Waals surface area contributed by atoms with Crippen LogP contribution >= 0.6 is 0 Å². The Morgan fingerprint density at radius 2 is 2.00 bits per heavy atom. The van der Waals surface area contributed by atoms with Crippen molar-refractivity contribution in [1.82, 2.24) is 15.8 Å². The molecular formula is C11H17N3O2. The Morgan fingerprint density at radius 1 is 1.31 bits per heavy atom. The van der Waals surface area contributed by atoms with Gasteiger partial charge in [-0.1, -0.05) is 13.8 Å². The molecule has 3 N–H and O–H groups in total. The molecule has 0 atom stereocenters. The number of rotatable bonds is 4. The van der Waals surface area contributed by atoms with Gasteiger partial charge >= 0.3 is 0 Å². The number of carbonyl (C=O) groups is 2. The third-order valence-corrected chi connectivity index (χ3v) is 2.50. The monoisotopic (exact) mass is 223 g/mol. The molecule has 16 heavy (non-hydrogen) atoms. The second kappa shape index (κ2) is 5.95. The predicted molar refractivity (Wildman–Crippen MR) is 60.5 cm³/mol. The van der Waals surface area contributed by atoms with Crippen LogP contribution in [0.2, 0.25) is 0 Å². The van der Waals surface area contributed by atoms with Crippen molar-refractivity contribution in [3.8, 4) is 0 Å². The number of H-pyrrole nitrogens is 1. The van der Waals surface area contributed by atoms with E-state index in [0.717, 1.165) is 12.8 Å². The first-order valence-corrected chi connectivity index (χ1v) is 5.42. The van der Waals surface area contributed by atoms with E-state index in [1.165, 1.54) is 0 Å². The van der Waals surface area contributed by atoms with Crippen LogP contribution in [-0.4, -0.2) is 16.8 Å². The van der Waals surface area contributed by atoms with Crippen molar-refractivity contribution in [1.29, 1.82) is 0 Å². The summed E-state index contributed by atoms with van der Waals surface area (Å²) in [4.78, 5) is 25.8. The molecule has 0 aromatic carbocycles. The molecule has 0 fully saturated rings. The number of amides is 2. The number of aromatic amines is 1. The van der Waals surface area contributed by atoms with Gasteiger partial charge in [0, 0.05) is 12.1 Å². The molecule has 0 aliphatic heterocycles. The standard InChI is InChI=1S/C11H17N3O2/c1-3-8(4-2)10(15)13-14-11(16)9-6-5-7-12-9/h5-8,12H,3-4H2,1-2H3,(H,13,15)(H,14,16). The fraction of sp³-hybridized carbons (Fsp3) is 0.455. The summed E-state index contributed by atoms with van der Waals surface area (Å²) in [5.41, 5.74) is 5.20. The molecule has 88 valence electrons. The molecule has 1 rings (SSSR count). The zero-order valence-electron chi connectivity index (χ0n) is 9.54. The third-order valence-electron chi connectivity index (χ3n) is 2.50. The second-order valence-corrected chi connectivity index (χ2v) is 3.54. The van der Waals surface area contributed by atoms with E-state index in [1.807, 2.05) is 13.8 Å². The zero-order chi connectivity index (χ0) is 12.0. The maximum Gasteiger partial charge on any atom is 0.286 e. The van der Waals surface area contributed by atoms with E-state index >= 15 is 0 Å². The molecule has 0 aliphatic rings. The van der Waals surface area contributed by atoms with Gasteiger partial charge in [0.05, 0.1) is 0 Å². The summed E-state index contributed by atoms with van der Waals surface area (Å²) in [6.45, 7) is 3.89. The van der Waals surface area contributed by atoms with Gasteiger partial charge < -0.3 is 4.98 Å². The van der Waals surface area contributed by atoms with Crippen LogP contribution in [0, 0.1) is 5.92 Å². The molecule has 0 spiro atoms. The molecular weight excluding hydrogens is 206 g/mol. The molecule has 2 amide bonds. The van der Waals surface area contributed by atoms with Crippen molar-refractivity contribution in [3.63, 3.8) is 0 Å². The summed E-state index contributed by atoms with van der Waals surface area (Å²) < 4.78 is 0. The Hall–Kier alpha value is -1.78. The Kier molecular flexibility index (Phi) is 4.57. The van der Waals surface area contributed by atoms with Crippen LogP contribution in [0.15, 0.2) is 18.3 Å².